The minimum Gasteiger partial charge on any atom is -0.371 e. The Labute approximate surface area is 146 Å². The molecule has 5 heteroatoms. The van der Waals surface area contributed by atoms with Gasteiger partial charge in [0.05, 0.1) is 5.92 Å². The second kappa shape index (κ2) is 6.93. The fraction of sp³-hybridized carbons (Fsp3) is 0.579. The molecule has 2 aliphatic rings. The first-order chi connectivity index (χ1) is 11.6. The van der Waals surface area contributed by atoms with Crippen molar-refractivity contribution in [3.8, 4) is 0 Å². The summed E-state index contributed by atoms with van der Waals surface area (Å²) in [5.74, 6) is -0.529. The molecule has 0 aliphatic carbocycles. The number of anilines is 1. The summed E-state index contributed by atoms with van der Waals surface area (Å²) in [5.41, 5.74) is 2.58. The van der Waals surface area contributed by atoms with Gasteiger partial charge < -0.3 is 10.2 Å². The van der Waals surface area contributed by atoms with Gasteiger partial charge in [0.15, 0.2) is 0 Å². The molecule has 2 N–H and O–H groups in total. The van der Waals surface area contributed by atoms with Gasteiger partial charge in [0.2, 0.25) is 11.8 Å². The average molecular weight is 333 g/mol. The fourth-order valence-corrected chi connectivity index (χ4v) is 4.02. The van der Waals surface area contributed by atoms with Crippen molar-refractivity contribution in [1.82, 2.24) is 10.6 Å². The normalized spacial score (nSPS) is 27.4. The van der Waals surface area contributed by atoms with Crippen LogP contribution in [-0.4, -0.2) is 38.5 Å². The third-order valence-electron chi connectivity index (χ3n) is 5.64. The molecule has 2 unspecified atom stereocenters. The molecule has 2 heterocycles. The van der Waals surface area contributed by atoms with Crippen molar-refractivity contribution in [2.45, 2.75) is 38.5 Å². The molecule has 0 radical (unpaired) electrons. The van der Waals surface area contributed by atoms with E-state index in [9.17, 15) is 9.59 Å². The van der Waals surface area contributed by atoms with Gasteiger partial charge in [-0.05, 0) is 44.0 Å². The largest absolute Gasteiger partial charge is 0.371 e. The topological polar surface area (TPSA) is 61.4 Å². The van der Waals surface area contributed by atoms with Crippen molar-refractivity contribution in [3.05, 3.63) is 29.8 Å². The zero-order valence-electron chi connectivity index (χ0n) is 14.6. The van der Waals surface area contributed by atoms with Gasteiger partial charge in [0, 0.05) is 40.0 Å². The lowest BCUT2D eigenvalue weighted by atomic mass is 9.84. The average Bonchev–Trinajstić information content (AvgIpc) is 3.00. The molecule has 2 saturated heterocycles. The standard InChI is InChI=1S/C19H27N3O2.2H2/c1-3-19(12-20-2)10-11-22(13-19)15-6-4-14(5-7-15)16-8-9-17(23)21-18(16)24;;/h4-7,16,20H,3,8-13H2,1-2H3,(H,21,23,24);2*1H. The Morgan fingerprint density at radius 3 is 2.71 bits per heavy atom. The van der Waals surface area contributed by atoms with Crippen LogP contribution in [0.5, 0.6) is 0 Å². The van der Waals surface area contributed by atoms with Gasteiger partial charge in [0.1, 0.15) is 0 Å². The number of nitrogens with zero attached hydrogens (tertiary/aromatic N) is 1. The Balaban J connectivity index is 0.00000169. The van der Waals surface area contributed by atoms with Crippen LogP contribution in [0.25, 0.3) is 0 Å². The number of hydrogen-bond donors (Lipinski definition) is 2. The molecule has 2 aliphatic heterocycles. The summed E-state index contributed by atoms with van der Waals surface area (Å²) in [6.45, 7) is 5.47. The Morgan fingerprint density at radius 2 is 2.08 bits per heavy atom. The number of benzene rings is 1. The van der Waals surface area contributed by atoms with E-state index in [-0.39, 0.29) is 20.6 Å². The van der Waals surface area contributed by atoms with Crippen LogP contribution in [0.3, 0.4) is 0 Å². The number of amides is 2. The molecule has 0 bridgehead atoms. The van der Waals surface area contributed by atoms with E-state index in [0.29, 0.717) is 18.3 Å². The summed E-state index contributed by atoms with van der Waals surface area (Å²) in [5, 5.41) is 5.77. The number of carbonyl (C=O) groups is 2. The third kappa shape index (κ3) is 3.31. The summed E-state index contributed by atoms with van der Waals surface area (Å²) in [7, 11) is 2.02. The van der Waals surface area contributed by atoms with Gasteiger partial charge >= 0.3 is 0 Å². The molecular formula is C19H31N3O2. The highest BCUT2D eigenvalue weighted by molar-refractivity contribution is 6.00. The van der Waals surface area contributed by atoms with Crippen LogP contribution in [0, 0.1) is 5.41 Å². The maximum atomic E-state index is 12.0. The van der Waals surface area contributed by atoms with E-state index < -0.39 is 0 Å². The van der Waals surface area contributed by atoms with E-state index in [4.69, 9.17) is 0 Å². The molecule has 5 nitrogen and oxygen atoms in total. The predicted molar refractivity (Wildman–Crippen MR) is 99.3 cm³/mol. The summed E-state index contributed by atoms with van der Waals surface area (Å²) in [6, 6.07) is 8.31. The molecule has 1 aromatic carbocycles. The second-order valence-corrected chi connectivity index (χ2v) is 7.15. The smallest absolute Gasteiger partial charge is 0.234 e. The van der Waals surface area contributed by atoms with E-state index in [1.54, 1.807) is 0 Å². The number of carbonyl (C=O) groups excluding carboxylic acids is 2. The quantitative estimate of drug-likeness (QED) is 0.813. The lowest BCUT2D eigenvalue weighted by Gasteiger charge is -2.28. The zero-order valence-corrected chi connectivity index (χ0v) is 14.6. The van der Waals surface area contributed by atoms with Gasteiger partial charge in [-0.1, -0.05) is 19.1 Å². The van der Waals surface area contributed by atoms with Crippen molar-refractivity contribution in [2.24, 2.45) is 5.41 Å². The first kappa shape index (κ1) is 17.0. The molecule has 1 aromatic rings. The van der Waals surface area contributed by atoms with Gasteiger partial charge in [-0.25, -0.2) is 0 Å². The molecular weight excluding hydrogens is 302 g/mol. The minimum absolute atomic E-state index is 0. The second-order valence-electron chi connectivity index (χ2n) is 7.15. The minimum atomic E-state index is -0.200. The number of piperidine rings is 1. The van der Waals surface area contributed by atoms with E-state index in [2.05, 4.69) is 34.6 Å². The van der Waals surface area contributed by atoms with E-state index in [0.717, 1.165) is 25.2 Å². The van der Waals surface area contributed by atoms with Crippen molar-refractivity contribution in [3.63, 3.8) is 0 Å². The Kier molecular flexibility index (Phi) is 4.90. The van der Waals surface area contributed by atoms with Crippen LogP contribution in [0.1, 0.15) is 46.9 Å². The third-order valence-corrected chi connectivity index (χ3v) is 5.64. The predicted octanol–water partition coefficient (Wildman–Crippen LogP) is 2.52. The first-order valence-electron chi connectivity index (χ1n) is 8.90. The van der Waals surface area contributed by atoms with E-state index in [1.165, 1.54) is 18.5 Å². The molecule has 2 fully saturated rings. The van der Waals surface area contributed by atoms with Crippen molar-refractivity contribution >= 4 is 17.5 Å². The van der Waals surface area contributed by atoms with Gasteiger partial charge in [-0.2, -0.15) is 0 Å². The molecule has 0 aromatic heterocycles. The van der Waals surface area contributed by atoms with E-state index in [1.807, 2.05) is 19.2 Å². The molecule has 134 valence electrons. The molecule has 3 rings (SSSR count). The van der Waals surface area contributed by atoms with Gasteiger partial charge in [-0.3, -0.25) is 14.9 Å². The first-order valence-corrected chi connectivity index (χ1v) is 8.90. The number of rotatable bonds is 5. The van der Waals surface area contributed by atoms with Crippen LogP contribution in [0.4, 0.5) is 5.69 Å². The molecule has 24 heavy (non-hydrogen) atoms. The zero-order chi connectivity index (χ0) is 17.2. The lowest BCUT2D eigenvalue weighted by Crippen LogP contribution is -2.39. The number of imide groups is 1. The van der Waals surface area contributed by atoms with Crippen molar-refractivity contribution in [2.75, 3.05) is 31.6 Å². The molecule has 2 amide bonds. The van der Waals surface area contributed by atoms with Crippen LogP contribution in [-0.2, 0) is 9.59 Å². The van der Waals surface area contributed by atoms with Crippen LogP contribution >= 0.6 is 0 Å². The summed E-state index contributed by atoms with van der Waals surface area (Å²) >= 11 is 0. The monoisotopic (exact) mass is 333 g/mol. The van der Waals surface area contributed by atoms with Gasteiger partial charge in [-0.15, -0.1) is 0 Å². The maximum Gasteiger partial charge on any atom is 0.234 e. The SMILES string of the molecule is CCC1(CNC)CCN(c2ccc(C3CCC(=O)NC3=O)cc2)C1.[HH].[HH]. The summed E-state index contributed by atoms with van der Waals surface area (Å²) in [4.78, 5) is 25.7. The van der Waals surface area contributed by atoms with Crippen LogP contribution in [0.2, 0.25) is 0 Å². The van der Waals surface area contributed by atoms with Crippen molar-refractivity contribution < 1.29 is 12.4 Å². The number of nitrogens with one attached hydrogen (secondary N) is 2. The van der Waals surface area contributed by atoms with Crippen molar-refractivity contribution in [1.29, 1.82) is 0 Å². The Hall–Kier alpha value is -1.88. The highest BCUT2D eigenvalue weighted by Gasteiger charge is 2.36. The highest BCUT2D eigenvalue weighted by Crippen LogP contribution is 2.36. The molecule has 2 atom stereocenters. The molecule has 0 saturated carbocycles. The highest BCUT2D eigenvalue weighted by atomic mass is 16.2. The Morgan fingerprint density at radius 1 is 1.33 bits per heavy atom. The number of hydrogen-bond acceptors (Lipinski definition) is 4. The van der Waals surface area contributed by atoms with E-state index >= 15 is 0 Å². The maximum absolute atomic E-state index is 12.0. The van der Waals surface area contributed by atoms with Crippen LogP contribution in [0.15, 0.2) is 24.3 Å². The van der Waals surface area contributed by atoms with Crippen LogP contribution < -0.4 is 15.5 Å². The summed E-state index contributed by atoms with van der Waals surface area (Å²) in [6.07, 6.45) is 3.42. The summed E-state index contributed by atoms with van der Waals surface area (Å²) < 4.78 is 0. The lowest BCUT2D eigenvalue weighted by molar-refractivity contribution is -0.134. The Bertz CT molecular complexity index is 624. The fourth-order valence-electron chi connectivity index (χ4n) is 4.02. The molecule has 0 spiro atoms. The van der Waals surface area contributed by atoms with Gasteiger partial charge in [0.25, 0.3) is 0 Å².